The molecule has 0 radical (unpaired) electrons. The average Bonchev–Trinajstić information content (AvgIpc) is 2.77. The predicted molar refractivity (Wildman–Crippen MR) is 70.9 cm³/mol. The van der Waals surface area contributed by atoms with E-state index in [1.807, 2.05) is 6.92 Å². The Morgan fingerprint density at radius 3 is 2.67 bits per heavy atom. The lowest BCUT2D eigenvalue weighted by atomic mass is 9.92. The molecule has 1 aliphatic heterocycles. The van der Waals surface area contributed by atoms with Crippen LogP contribution in [0.2, 0.25) is 10.0 Å². The van der Waals surface area contributed by atoms with Crippen LogP contribution in [0.5, 0.6) is 5.75 Å². The average molecular weight is 289 g/mol. The number of methoxy groups -OCH3 is 1. The van der Waals surface area contributed by atoms with Crippen molar-refractivity contribution >= 4 is 29.0 Å². The molecular formula is C13H14Cl2O3. The molecule has 1 aliphatic rings. The standard InChI is InChI=1S/C13H14Cl2O3/c1-7-8(3-4-18-7)13(16)9-5-11(15)12(17-2)6-10(9)14/h5-8H,3-4H2,1-2H3. The molecule has 1 aromatic carbocycles. The van der Waals surface area contributed by atoms with Gasteiger partial charge in [0.15, 0.2) is 5.78 Å². The molecule has 18 heavy (non-hydrogen) atoms. The van der Waals surface area contributed by atoms with Gasteiger partial charge in [-0.15, -0.1) is 0 Å². The van der Waals surface area contributed by atoms with Crippen molar-refractivity contribution in [1.82, 2.24) is 0 Å². The van der Waals surface area contributed by atoms with Gasteiger partial charge in [0.1, 0.15) is 5.75 Å². The number of benzene rings is 1. The van der Waals surface area contributed by atoms with Crippen molar-refractivity contribution in [3.8, 4) is 5.75 Å². The molecule has 3 nitrogen and oxygen atoms in total. The topological polar surface area (TPSA) is 35.5 Å². The van der Waals surface area contributed by atoms with E-state index in [4.69, 9.17) is 32.7 Å². The van der Waals surface area contributed by atoms with E-state index in [0.29, 0.717) is 28.0 Å². The molecule has 0 saturated carbocycles. The summed E-state index contributed by atoms with van der Waals surface area (Å²) < 4.78 is 10.5. The second kappa shape index (κ2) is 5.47. The van der Waals surface area contributed by atoms with Gasteiger partial charge in [-0.25, -0.2) is 0 Å². The van der Waals surface area contributed by atoms with Gasteiger partial charge < -0.3 is 9.47 Å². The summed E-state index contributed by atoms with van der Waals surface area (Å²) in [6, 6.07) is 3.13. The summed E-state index contributed by atoms with van der Waals surface area (Å²) >= 11 is 12.1. The van der Waals surface area contributed by atoms with Crippen LogP contribution in [0.1, 0.15) is 23.7 Å². The van der Waals surface area contributed by atoms with Gasteiger partial charge >= 0.3 is 0 Å². The number of hydrogen-bond donors (Lipinski definition) is 0. The number of ketones is 1. The summed E-state index contributed by atoms with van der Waals surface area (Å²) in [6.45, 7) is 2.51. The number of Topliss-reactive ketones (excluding diaryl/α,β-unsaturated/α-hetero) is 1. The Bertz CT molecular complexity index is 474. The van der Waals surface area contributed by atoms with E-state index < -0.39 is 0 Å². The highest BCUT2D eigenvalue weighted by atomic mass is 35.5. The van der Waals surface area contributed by atoms with E-state index in [1.54, 1.807) is 12.1 Å². The van der Waals surface area contributed by atoms with Gasteiger partial charge in [0.05, 0.1) is 29.2 Å². The third kappa shape index (κ3) is 2.48. The van der Waals surface area contributed by atoms with Crippen molar-refractivity contribution < 1.29 is 14.3 Å². The molecule has 5 heteroatoms. The zero-order valence-electron chi connectivity index (χ0n) is 10.2. The maximum absolute atomic E-state index is 12.4. The van der Waals surface area contributed by atoms with E-state index in [-0.39, 0.29) is 17.8 Å². The second-order valence-electron chi connectivity index (χ2n) is 4.30. The molecule has 0 amide bonds. The molecule has 98 valence electrons. The number of carbonyl (C=O) groups excluding carboxylic acids is 1. The fourth-order valence-corrected chi connectivity index (χ4v) is 2.64. The van der Waals surface area contributed by atoms with Crippen LogP contribution in [0, 0.1) is 5.92 Å². The first-order valence-electron chi connectivity index (χ1n) is 5.73. The van der Waals surface area contributed by atoms with Crippen molar-refractivity contribution in [2.24, 2.45) is 5.92 Å². The smallest absolute Gasteiger partial charge is 0.170 e. The van der Waals surface area contributed by atoms with Crippen molar-refractivity contribution in [1.29, 1.82) is 0 Å². The fraction of sp³-hybridized carbons (Fsp3) is 0.462. The minimum atomic E-state index is -0.146. The highest BCUT2D eigenvalue weighted by Crippen LogP contribution is 2.34. The van der Waals surface area contributed by atoms with Crippen LogP contribution >= 0.6 is 23.2 Å². The van der Waals surface area contributed by atoms with Crippen LogP contribution in [0.25, 0.3) is 0 Å². The summed E-state index contributed by atoms with van der Waals surface area (Å²) in [4.78, 5) is 12.4. The van der Waals surface area contributed by atoms with E-state index in [0.717, 1.165) is 6.42 Å². The molecule has 1 saturated heterocycles. The fourth-order valence-electron chi connectivity index (χ4n) is 2.15. The molecule has 0 spiro atoms. The molecule has 0 bridgehead atoms. The molecule has 2 rings (SSSR count). The molecule has 1 fully saturated rings. The van der Waals surface area contributed by atoms with E-state index >= 15 is 0 Å². The van der Waals surface area contributed by atoms with Crippen LogP contribution in [-0.2, 0) is 4.74 Å². The van der Waals surface area contributed by atoms with Crippen molar-refractivity contribution in [2.75, 3.05) is 13.7 Å². The molecule has 0 aliphatic carbocycles. The quantitative estimate of drug-likeness (QED) is 0.797. The number of ether oxygens (including phenoxy) is 2. The van der Waals surface area contributed by atoms with Gasteiger partial charge in [-0.1, -0.05) is 23.2 Å². The van der Waals surface area contributed by atoms with Gasteiger partial charge in [0.25, 0.3) is 0 Å². The molecule has 0 aromatic heterocycles. The maximum Gasteiger partial charge on any atom is 0.170 e. The van der Waals surface area contributed by atoms with Crippen LogP contribution in [-0.4, -0.2) is 25.6 Å². The highest BCUT2D eigenvalue weighted by Gasteiger charge is 2.32. The van der Waals surface area contributed by atoms with Crippen molar-refractivity contribution in [2.45, 2.75) is 19.4 Å². The summed E-state index contributed by atoms with van der Waals surface area (Å²) in [7, 11) is 1.51. The van der Waals surface area contributed by atoms with Gasteiger partial charge in [-0.3, -0.25) is 4.79 Å². The Kier molecular flexibility index (Phi) is 4.15. The molecule has 1 heterocycles. The maximum atomic E-state index is 12.4. The molecule has 0 N–H and O–H groups in total. The summed E-state index contributed by atoms with van der Waals surface area (Å²) in [5.74, 6) is 0.301. The van der Waals surface area contributed by atoms with Crippen LogP contribution < -0.4 is 4.74 Å². The molecule has 1 aromatic rings. The van der Waals surface area contributed by atoms with E-state index in [1.165, 1.54) is 7.11 Å². The largest absolute Gasteiger partial charge is 0.495 e. The zero-order valence-corrected chi connectivity index (χ0v) is 11.7. The predicted octanol–water partition coefficient (Wildman–Crippen LogP) is 3.61. The van der Waals surface area contributed by atoms with E-state index in [2.05, 4.69) is 0 Å². The zero-order chi connectivity index (χ0) is 13.3. The first-order chi connectivity index (χ1) is 8.54. The summed E-state index contributed by atoms with van der Waals surface area (Å²) in [6.07, 6.45) is 0.648. The molecule has 2 unspecified atom stereocenters. The second-order valence-corrected chi connectivity index (χ2v) is 5.12. The normalized spacial score (nSPS) is 23.1. The number of hydrogen-bond acceptors (Lipinski definition) is 3. The lowest BCUT2D eigenvalue weighted by molar-refractivity contribution is 0.0764. The van der Waals surface area contributed by atoms with Gasteiger partial charge in [-0.05, 0) is 19.4 Å². The van der Waals surface area contributed by atoms with Crippen LogP contribution in [0.15, 0.2) is 12.1 Å². The Balaban J connectivity index is 2.33. The van der Waals surface area contributed by atoms with Crippen LogP contribution in [0.3, 0.4) is 0 Å². The van der Waals surface area contributed by atoms with Gasteiger partial charge in [0.2, 0.25) is 0 Å². The summed E-state index contributed by atoms with van der Waals surface area (Å²) in [5, 5.41) is 0.747. The van der Waals surface area contributed by atoms with Crippen molar-refractivity contribution in [3.05, 3.63) is 27.7 Å². The first kappa shape index (κ1) is 13.7. The lowest BCUT2D eigenvalue weighted by Crippen LogP contribution is -2.22. The monoisotopic (exact) mass is 288 g/mol. The Morgan fingerprint density at radius 2 is 2.11 bits per heavy atom. The number of halogens is 2. The Hall–Kier alpha value is -0.770. The number of rotatable bonds is 3. The highest BCUT2D eigenvalue weighted by molar-refractivity contribution is 6.36. The molecule has 2 atom stereocenters. The summed E-state index contributed by atoms with van der Waals surface area (Å²) in [5.41, 5.74) is 0.435. The Labute approximate surface area is 116 Å². The lowest BCUT2D eigenvalue weighted by Gasteiger charge is -2.14. The van der Waals surface area contributed by atoms with Crippen molar-refractivity contribution in [3.63, 3.8) is 0 Å². The SMILES string of the molecule is COc1cc(Cl)c(C(=O)C2CCOC2C)cc1Cl. The van der Waals surface area contributed by atoms with Crippen LogP contribution in [0.4, 0.5) is 0 Å². The third-order valence-corrected chi connectivity index (χ3v) is 3.83. The van der Waals surface area contributed by atoms with E-state index in [9.17, 15) is 4.79 Å². The number of carbonyl (C=O) groups is 1. The van der Waals surface area contributed by atoms with Gasteiger partial charge in [0, 0.05) is 18.2 Å². The Morgan fingerprint density at radius 1 is 1.39 bits per heavy atom. The minimum Gasteiger partial charge on any atom is -0.495 e. The first-order valence-corrected chi connectivity index (χ1v) is 6.49. The molecular weight excluding hydrogens is 275 g/mol. The van der Waals surface area contributed by atoms with Gasteiger partial charge in [-0.2, -0.15) is 0 Å². The minimum absolute atomic E-state index is 0.0189. The third-order valence-electron chi connectivity index (χ3n) is 3.22.